The van der Waals surface area contributed by atoms with E-state index in [1.807, 2.05) is 48.5 Å². The molecule has 5 nitrogen and oxygen atoms in total. The fourth-order valence-corrected chi connectivity index (χ4v) is 4.60. The number of rotatable bonds is 2. The van der Waals surface area contributed by atoms with Crippen LogP contribution in [0.2, 0.25) is 0 Å². The molecule has 0 radical (unpaired) electrons. The number of para-hydroxylation sites is 1. The second-order valence-electron chi connectivity index (χ2n) is 6.85. The summed E-state index contributed by atoms with van der Waals surface area (Å²) in [6, 6.07) is 18.9. The van der Waals surface area contributed by atoms with Gasteiger partial charge in [-0.1, -0.05) is 48.5 Å². The second kappa shape index (κ2) is 5.51. The van der Waals surface area contributed by atoms with Crippen LogP contribution < -0.4 is 4.90 Å². The van der Waals surface area contributed by atoms with E-state index >= 15 is 0 Å². The second-order valence-corrected chi connectivity index (χ2v) is 6.85. The molecule has 3 aliphatic rings. The largest absolute Gasteiger partial charge is 0.274 e. The quantitative estimate of drug-likeness (QED) is 0.791. The molecule has 3 heterocycles. The molecule has 25 heavy (non-hydrogen) atoms. The first-order chi connectivity index (χ1) is 12.3. The van der Waals surface area contributed by atoms with Crippen molar-refractivity contribution in [1.82, 2.24) is 10.0 Å². The lowest BCUT2D eigenvalue weighted by Crippen LogP contribution is -2.44. The standard InChI is InChI=1S/C20H19N3O2/c24-19-16-17(14-8-3-1-4-9-14)21-12-7-13-22(21)18(16)20(25)23(19)15-10-5-2-6-11-15/h1-6,8-11,16-18H,7,12-13H2/t16-,17-,18+/m1/s1. The number of nitrogens with zero attached hydrogens (tertiary/aromatic N) is 3. The maximum Gasteiger partial charge on any atom is 0.253 e. The third-order valence-electron chi connectivity index (χ3n) is 5.56. The van der Waals surface area contributed by atoms with E-state index in [2.05, 4.69) is 22.2 Å². The number of carbonyl (C=O) groups is 2. The minimum Gasteiger partial charge on any atom is -0.274 e. The van der Waals surface area contributed by atoms with Gasteiger partial charge >= 0.3 is 0 Å². The highest BCUT2D eigenvalue weighted by molar-refractivity contribution is 6.24. The van der Waals surface area contributed by atoms with Crippen LogP contribution in [-0.2, 0) is 9.59 Å². The molecule has 5 heteroatoms. The van der Waals surface area contributed by atoms with Gasteiger partial charge in [0.05, 0.1) is 17.6 Å². The maximum absolute atomic E-state index is 13.3. The zero-order valence-corrected chi connectivity index (χ0v) is 13.8. The lowest BCUT2D eigenvalue weighted by atomic mass is 9.90. The summed E-state index contributed by atoms with van der Waals surface area (Å²) in [5, 5.41) is 4.37. The van der Waals surface area contributed by atoms with Gasteiger partial charge in [0, 0.05) is 13.1 Å². The van der Waals surface area contributed by atoms with Crippen molar-refractivity contribution in [2.75, 3.05) is 18.0 Å². The van der Waals surface area contributed by atoms with Crippen LogP contribution in [0.1, 0.15) is 18.0 Å². The van der Waals surface area contributed by atoms with E-state index in [9.17, 15) is 9.59 Å². The van der Waals surface area contributed by atoms with Crippen LogP contribution in [0.15, 0.2) is 60.7 Å². The number of fused-ring (bicyclic) bond motifs is 3. The summed E-state index contributed by atoms with van der Waals surface area (Å²) in [7, 11) is 0. The first kappa shape index (κ1) is 14.8. The minimum atomic E-state index is -0.375. The van der Waals surface area contributed by atoms with E-state index in [4.69, 9.17) is 0 Å². The van der Waals surface area contributed by atoms with Crippen LogP contribution in [0.5, 0.6) is 0 Å². The number of imide groups is 1. The van der Waals surface area contributed by atoms with E-state index in [-0.39, 0.29) is 29.8 Å². The highest BCUT2D eigenvalue weighted by atomic mass is 16.2. The Labute approximate surface area is 146 Å². The number of carbonyl (C=O) groups excluding carboxylic acids is 2. The van der Waals surface area contributed by atoms with E-state index in [1.165, 1.54) is 4.90 Å². The Morgan fingerprint density at radius 3 is 2.00 bits per heavy atom. The van der Waals surface area contributed by atoms with Crippen LogP contribution in [0.4, 0.5) is 5.69 Å². The van der Waals surface area contributed by atoms with Crippen molar-refractivity contribution in [2.24, 2.45) is 5.92 Å². The lowest BCUT2D eigenvalue weighted by molar-refractivity contribution is -0.126. The van der Waals surface area contributed by atoms with E-state index in [1.54, 1.807) is 0 Å². The summed E-state index contributed by atoms with van der Waals surface area (Å²) in [5.41, 5.74) is 1.78. The molecule has 3 aliphatic heterocycles. The highest BCUT2D eigenvalue weighted by Gasteiger charge is 2.62. The Bertz CT molecular complexity index is 823. The molecule has 5 rings (SSSR count). The van der Waals surface area contributed by atoms with Crippen molar-refractivity contribution in [3.8, 4) is 0 Å². The molecular weight excluding hydrogens is 314 g/mol. The predicted octanol–water partition coefficient (Wildman–Crippen LogP) is 2.22. The van der Waals surface area contributed by atoms with Crippen LogP contribution in [0.25, 0.3) is 0 Å². The Kier molecular flexibility index (Phi) is 3.26. The van der Waals surface area contributed by atoms with Crippen LogP contribution >= 0.6 is 0 Å². The fraction of sp³-hybridized carbons (Fsp3) is 0.300. The molecule has 0 aliphatic carbocycles. The van der Waals surface area contributed by atoms with Crippen LogP contribution in [-0.4, -0.2) is 41.0 Å². The predicted molar refractivity (Wildman–Crippen MR) is 93.4 cm³/mol. The van der Waals surface area contributed by atoms with Gasteiger partial charge in [-0.05, 0) is 24.1 Å². The maximum atomic E-state index is 13.3. The fourth-order valence-electron chi connectivity index (χ4n) is 4.60. The number of anilines is 1. The van der Waals surface area contributed by atoms with Gasteiger partial charge in [-0.2, -0.15) is 0 Å². The van der Waals surface area contributed by atoms with E-state index < -0.39 is 0 Å². The van der Waals surface area contributed by atoms with Gasteiger partial charge in [0.2, 0.25) is 5.91 Å². The molecule has 0 aromatic heterocycles. The van der Waals surface area contributed by atoms with Crippen molar-refractivity contribution < 1.29 is 9.59 Å². The van der Waals surface area contributed by atoms with Gasteiger partial charge in [0.15, 0.2) is 0 Å². The van der Waals surface area contributed by atoms with Gasteiger partial charge in [0.25, 0.3) is 5.91 Å². The van der Waals surface area contributed by atoms with E-state index in [0.29, 0.717) is 5.69 Å². The molecule has 0 unspecified atom stereocenters. The number of amides is 2. The molecule has 3 fully saturated rings. The van der Waals surface area contributed by atoms with Gasteiger partial charge in [-0.15, -0.1) is 0 Å². The minimum absolute atomic E-state index is 0.0566. The Balaban J connectivity index is 1.60. The van der Waals surface area contributed by atoms with Crippen molar-refractivity contribution in [3.63, 3.8) is 0 Å². The van der Waals surface area contributed by atoms with Crippen LogP contribution in [0, 0.1) is 5.92 Å². The Morgan fingerprint density at radius 2 is 1.32 bits per heavy atom. The molecule has 0 N–H and O–H groups in total. The van der Waals surface area contributed by atoms with E-state index in [0.717, 1.165) is 25.1 Å². The molecule has 3 atom stereocenters. The smallest absolute Gasteiger partial charge is 0.253 e. The summed E-state index contributed by atoms with van der Waals surface area (Å²) in [6.45, 7) is 1.74. The lowest BCUT2D eigenvalue weighted by Gasteiger charge is -2.29. The van der Waals surface area contributed by atoms with Crippen molar-refractivity contribution in [1.29, 1.82) is 0 Å². The molecule has 2 amide bonds. The number of hydrazine groups is 1. The molecule has 2 aromatic carbocycles. The first-order valence-corrected chi connectivity index (χ1v) is 8.78. The normalized spacial score (nSPS) is 29.3. The number of hydrogen-bond acceptors (Lipinski definition) is 4. The zero-order chi connectivity index (χ0) is 17.0. The number of benzene rings is 2. The van der Waals surface area contributed by atoms with Crippen LogP contribution in [0.3, 0.4) is 0 Å². The van der Waals surface area contributed by atoms with Gasteiger partial charge in [-0.3, -0.25) is 9.59 Å². The molecule has 0 bridgehead atoms. The Morgan fingerprint density at radius 1 is 0.720 bits per heavy atom. The van der Waals surface area contributed by atoms with Crippen molar-refractivity contribution in [3.05, 3.63) is 66.2 Å². The summed E-state index contributed by atoms with van der Waals surface area (Å²) >= 11 is 0. The first-order valence-electron chi connectivity index (χ1n) is 8.78. The van der Waals surface area contributed by atoms with Gasteiger partial charge in [-0.25, -0.2) is 14.9 Å². The molecule has 2 aromatic rings. The molecule has 0 spiro atoms. The summed E-state index contributed by atoms with van der Waals surface area (Å²) in [5.74, 6) is -0.508. The molecule has 3 saturated heterocycles. The SMILES string of the molecule is O=C1[C@H]2[C@@H](C(=O)N1c1ccccc1)N1CCCN1[C@@H]2c1ccccc1. The molecule has 126 valence electrons. The summed E-state index contributed by atoms with van der Waals surface area (Å²) in [6.07, 6.45) is 1.03. The van der Waals surface area contributed by atoms with Gasteiger partial charge < -0.3 is 0 Å². The summed E-state index contributed by atoms with van der Waals surface area (Å²) < 4.78 is 0. The highest BCUT2D eigenvalue weighted by Crippen LogP contribution is 2.48. The van der Waals surface area contributed by atoms with Crippen molar-refractivity contribution >= 4 is 17.5 Å². The third kappa shape index (κ3) is 2.03. The van der Waals surface area contributed by atoms with Gasteiger partial charge in [0.1, 0.15) is 6.04 Å². The number of hydrogen-bond donors (Lipinski definition) is 0. The average molecular weight is 333 g/mol. The third-order valence-corrected chi connectivity index (χ3v) is 5.56. The Hall–Kier alpha value is -2.50. The molecular formula is C20H19N3O2. The average Bonchev–Trinajstić information content (AvgIpc) is 3.29. The monoisotopic (exact) mass is 333 g/mol. The molecule has 0 saturated carbocycles. The zero-order valence-electron chi connectivity index (χ0n) is 13.8. The topological polar surface area (TPSA) is 43.9 Å². The summed E-state index contributed by atoms with van der Waals surface area (Å²) in [4.78, 5) is 27.8. The van der Waals surface area contributed by atoms with Crippen molar-refractivity contribution in [2.45, 2.75) is 18.5 Å².